The highest BCUT2D eigenvalue weighted by atomic mass is 32.1. The predicted molar refractivity (Wildman–Crippen MR) is 146 cm³/mol. The van der Waals surface area contributed by atoms with Gasteiger partial charge in [0, 0.05) is 28.2 Å². The fourth-order valence-corrected chi connectivity index (χ4v) is 4.73. The first-order valence-electron chi connectivity index (χ1n) is 10.8. The molecule has 0 fully saturated rings. The van der Waals surface area contributed by atoms with Gasteiger partial charge >= 0.3 is 0 Å². The van der Waals surface area contributed by atoms with E-state index < -0.39 is 0 Å². The van der Waals surface area contributed by atoms with Crippen LogP contribution in [0.2, 0.25) is 0 Å². The SMILES string of the molecule is CN(C)c1cc(-c2ccc(NC(=O)c3cccs3)c(N(C)C)c2)ccc1NCOc1cccs1. The van der Waals surface area contributed by atoms with Crippen LogP contribution in [0.25, 0.3) is 11.1 Å². The first kappa shape index (κ1) is 23.7. The van der Waals surface area contributed by atoms with Gasteiger partial charge in [-0.05, 0) is 64.4 Å². The van der Waals surface area contributed by atoms with Crippen LogP contribution in [-0.4, -0.2) is 40.8 Å². The zero-order valence-corrected chi connectivity index (χ0v) is 21.3. The van der Waals surface area contributed by atoms with Crippen LogP contribution in [0.1, 0.15) is 9.67 Å². The highest BCUT2D eigenvalue weighted by molar-refractivity contribution is 7.12. The van der Waals surface area contributed by atoms with Crippen molar-refractivity contribution in [2.45, 2.75) is 0 Å². The maximum atomic E-state index is 12.6. The number of nitrogens with zero attached hydrogens (tertiary/aromatic N) is 2. The van der Waals surface area contributed by atoms with Crippen LogP contribution in [0.5, 0.6) is 5.06 Å². The number of benzene rings is 2. The lowest BCUT2D eigenvalue weighted by atomic mass is 10.0. The maximum absolute atomic E-state index is 12.6. The van der Waals surface area contributed by atoms with E-state index in [2.05, 4.69) is 39.8 Å². The summed E-state index contributed by atoms with van der Waals surface area (Å²) in [6, 6.07) is 20.1. The van der Waals surface area contributed by atoms with Gasteiger partial charge in [-0.2, -0.15) is 0 Å². The molecule has 176 valence electrons. The summed E-state index contributed by atoms with van der Waals surface area (Å²) in [5.41, 5.74) is 5.95. The standard InChI is InChI=1S/C26H28N4O2S2/c1-29(2)22-15-18(9-11-20(22)27-17-32-25-8-6-14-34-25)19-10-12-21(23(16-19)30(3)4)28-26(31)24-7-5-13-33-24/h5-16,27H,17H2,1-4H3,(H,28,31). The normalized spacial score (nSPS) is 10.6. The van der Waals surface area contributed by atoms with Gasteiger partial charge in [0.25, 0.3) is 5.91 Å². The Hall–Kier alpha value is -3.49. The number of carbonyl (C=O) groups is 1. The quantitative estimate of drug-likeness (QED) is 0.268. The fourth-order valence-electron chi connectivity index (χ4n) is 3.54. The van der Waals surface area contributed by atoms with Crippen molar-refractivity contribution in [3.05, 3.63) is 76.3 Å². The molecule has 2 aromatic carbocycles. The lowest BCUT2D eigenvalue weighted by Crippen LogP contribution is -2.16. The Bertz CT molecular complexity index is 1240. The average Bonchev–Trinajstić information content (AvgIpc) is 3.54. The summed E-state index contributed by atoms with van der Waals surface area (Å²) in [4.78, 5) is 17.4. The molecule has 0 aliphatic heterocycles. The molecule has 1 amide bonds. The van der Waals surface area contributed by atoms with Gasteiger partial charge in [0.2, 0.25) is 0 Å². The molecule has 0 aliphatic rings. The molecule has 0 spiro atoms. The topological polar surface area (TPSA) is 56.8 Å². The Kier molecular flexibility index (Phi) is 7.40. The van der Waals surface area contributed by atoms with Crippen molar-refractivity contribution in [2.24, 2.45) is 0 Å². The van der Waals surface area contributed by atoms with E-state index in [9.17, 15) is 4.79 Å². The summed E-state index contributed by atoms with van der Waals surface area (Å²) >= 11 is 3.00. The van der Waals surface area contributed by atoms with E-state index in [1.165, 1.54) is 11.3 Å². The summed E-state index contributed by atoms with van der Waals surface area (Å²) in [5, 5.41) is 11.2. The summed E-state index contributed by atoms with van der Waals surface area (Å²) in [6.07, 6.45) is 0. The van der Waals surface area contributed by atoms with Gasteiger partial charge in [-0.15, -0.1) is 22.7 Å². The molecule has 0 aliphatic carbocycles. The molecular weight excluding hydrogens is 464 g/mol. The van der Waals surface area contributed by atoms with Crippen molar-refractivity contribution in [3.8, 4) is 16.2 Å². The van der Waals surface area contributed by atoms with Gasteiger partial charge in [0.15, 0.2) is 11.8 Å². The van der Waals surface area contributed by atoms with Crippen LogP contribution < -0.4 is 25.2 Å². The fraction of sp³-hybridized carbons (Fsp3) is 0.192. The molecule has 0 unspecified atom stereocenters. The van der Waals surface area contributed by atoms with Gasteiger partial charge < -0.3 is 25.2 Å². The second-order valence-corrected chi connectivity index (χ2v) is 9.94. The van der Waals surface area contributed by atoms with E-state index in [1.807, 2.05) is 80.2 Å². The minimum atomic E-state index is -0.0964. The van der Waals surface area contributed by atoms with Crippen molar-refractivity contribution in [1.29, 1.82) is 0 Å². The Morgan fingerprint density at radius 3 is 2.03 bits per heavy atom. The van der Waals surface area contributed by atoms with E-state index in [0.717, 1.165) is 38.9 Å². The number of hydrogen-bond acceptors (Lipinski definition) is 7. The largest absolute Gasteiger partial charge is 0.464 e. The van der Waals surface area contributed by atoms with Crippen LogP contribution in [0.15, 0.2) is 71.4 Å². The van der Waals surface area contributed by atoms with Gasteiger partial charge in [-0.1, -0.05) is 18.2 Å². The van der Waals surface area contributed by atoms with Crippen LogP contribution in [0.3, 0.4) is 0 Å². The molecule has 0 bridgehead atoms. The third kappa shape index (κ3) is 5.52. The minimum Gasteiger partial charge on any atom is -0.464 e. The molecule has 4 rings (SSSR count). The Morgan fingerprint density at radius 1 is 0.824 bits per heavy atom. The van der Waals surface area contributed by atoms with E-state index in [-0.39, 0.29) is 5.91 Å². The van der Waals surface area contributed by atoms with E-state index in [1.54, 1.807) is 11.3 Å². The van der Waals surface area contributed by atoms with Crippen molar-refractivity contribution >= 4 is 51.3 Å². The van der Waals surface area contributed by atoms with Crippen molar-refractivity contribution < 1.29 is 9.53 Å². The lowest BCUT2D eigenvalue weighted by molar-refractivity contribution is 0.103. The monoisotopic (exact) mass is 492 g/mol. The third-order valence-electron chi connectivity index (χ3n) is 5.26. The number of rotatable bonds is 9. The van der Waals surface area contributed by atoms with Gasteiger partial charge in [-0.3, -0.25) is 4.79 Å². The molecule has 0 saturated carbocycles. The van der Waals surface area contributed by atoms with Crippen LogP contribution in [0, 0.1) is 0 Å². The first-order chi connectivity index (χ1) is 16.4. The molecule has 2 aromatic heterocycles. The van der Waals surface area contributed by atoms with Gasteiger partial charge in [-0.25, -0.2) is 0 Å². The number of amides is 1. The Morgan fingerprint density at radius 2 is 1.44 bits per heavy atom. The van der Waals surface area contributed by atoms with Gasteiger partial charge in [0.1, 0.15) is 0 Å². The molecule has 4 aromatic rings. The highest BCUT2D eigenvalue weighted by Crippen LogP contribution is 2.35. The van der Waals surface area contributed by atoms with Crippen molar-refractivity contribution in [2.75, 3.05) is 55.4 Å². The number of carbonyl (C=O) groups excluding carboxylic acids is 1. The number of nitrogens with one attached hydrogen (secondary N) is 2. The van der Waals surface area contributed by atoms with E-state index in [4.69, 9.17) is 4.74 Å². The zero-order chi connectivity index (χ0) is 24.1. The van der Waals surface area contributed by atoms with Crippen LogP contribution >= 0.6 is 22.7 Å². The van der Waals surface area contributed by atoms with E-state index >= 15 is 0 Å². The van der Waals surface area contributed by atoms with Crippen LogP contribution in [0.4, 0.5) is 22.7 Å². The number of anilines is 4. The minimum absolute atomic E-state index is 0.0964. The molecule has 2 heterocycles. The third-order valence-corrected chi connectivity index (χ3v) is 6.91. The Labute approximate surface area is 208 Å². The molecule has 0 atom stereocenters. The molecule has 2 N–H and O–H groups in total. The zero-order valence-electron chi connectivity index (χ0n) is 19.7. The van der Waals surface area contributed by atoms with Crippen LogP contribution in [-0.2, 0) is 0 Å². The second-order valence-electron chi connectivity index (χ2n) is 8.08. The van der Waals surface area contributed by atoms with E-state index in [0.29, 0.717) is 11.6 Å². The summed E-state index contributed by atoms with van der Waals surface area (Å²) in [5.74, 6) is -0.0964. The average molecular weight is 493 g/mol. The highest BCUT2D eigenvalue weighted by Gasteiger charge is 2.14. The summed E-state index contributed by atoms with van der Waals surface area (Å²) in [7, 11) is 8.01. The second kappa shape index (κ2) is 10.6. The molecule has 6 nitrogen and oxygen atoms in total. The molecule has 0 saturated heterocycles. The number of thiophene rings is 2. The molecular formula is C26H28N4O2S2. The number of hydrogen-bond donors (Lipinski definition) is 2. The summed E-state index contributed by atoms with van der Waals surface area (Å²) in [6.45, 7) is 0.393. The Balaban J connectivity index is 1.56. The molecule has 34 heavy (non-hydrogen) atoms. The summed E-state index contributed by atoms with van der Waals surface area (Å²) < 4.78 is 5.76. The lowest BCUT2D eigenvalue weighted by Gasteiger charge is -2.22. The maximum Gasteiger partial charge on any atom is 0.265 e. The first-order valence-corrected chi connectivity index (χ1v) is 12.6. The van der Waals surface area contributed by atoms with Crippen molar-refractivity contribution in [3.63, 3.8) is 0 Å². The smallest absolute Gasteiger partial charge is 0.265 e. The van der Waals surface area contributed by atoms with Crippen molar-refractivity contribution in [1.82, 2.24) is 0 Å². The van der Waals surface area contributed by atoms with Gasteiger partial charge in [0.05, 0.1) is 27.6 Å². The molecule has 0 radical (unpaired) electrons. The number of ether oxygens (including phenoxy) is 1. The molecule has 8 heteroatoms. The predicted octanol–water partition coefficient (Wildman–Crippen LogP) is 6.31.